The van der Waals surface area contributed by atoms with Crippen LogP contribution in [0, 0.1) is 0 Å². The van der Waals surface area contributed by atoms with Crippen LogP contribution in [-0.2, 0) is 36.5 Å². The number of nitrogens with two attached hydrogens (primary N) is 1. The number of hydrogen-bond acceptors (Lipinski definition) is 9. The average Bonchev–Trinajstić information content (AvgIpc) is 3.36. The topological polar surface area (TPSA) is 163 Å². The number of rotatable bonds is 9. The minimum absolute atomic E-state index is 0.00149. The molecule has 0 aliphatic heterocycles. The normalized spacial score (nSPS) is 15.5. The van der Waals surface area contributed by atoms with Gasteiger partial charge in [0.2, 0.25) is 10.0 Å². The number of sulfonamides is 1. The monoisotopic (exact) mass is 554 g/mol. The van der Waals surface area contributed by atoms with Crippen molar-refractivity contribution in [2.45, 2.75) is 58.6 Å². The van der Waals surface area contributed by atoms with Gasteiger partial charge in [-0.1, -0.05) is 37.5 Å². The van der Waals surface area contributed by atoms with Gasteiger partial charge in [0.25, 0.3) is 0 Å². The molecule has 1 heterocycles. The minimum atomic E-state index is -4.63. The van der Waals surface area contributed by atoms with Crippen LogP contribution in [0.2, 0.25) is 0 Å². The van der Waals surface area contributed by atoms with Crippen LogP contribution in [0.5, 0.6) is 5.75 Å². The summed E-state index contributed by atoms with van der Waals surface area (Å²) in [5, 5.41) is 7.44. The predicted octanol–water partition coefficient (Wildman–Crippen LogP) is 3.41. The van der Waals surface area contributed by atoms with Crippen molar-refractivity contribution in [3.63, 3.8) is 0 Å². The molecule has 0 saturated heterocycles. The number of primary sulfonamides is 1. The quantitative estimate of drug-likeness (QED) is 0.377. The molecule has 0 bridgehead atoms. The van der Waals surface area contributed by atoms with Crippen molar-refractivity contribution in [1.29, 1.82) is 0 Å². The maximum atomic E-state index is 13.5. The first-order chi connectivity index (χ1) is 17.0. The van der Waals surface area contributed by atoms with Crippen molar-refractivity contribution in [2.75, 3.05) is 5.32 Å². The van der Waals surface area contributed by atoms with Gasteiger partial charge in [-0.15, -0.1) is 0 Å². The lowest BCUT2D eigenvalue weighted by Gasteiger charge is -2.24. The van der Waals surface area contributed by atoms with E-state index < -0.39 is 49.9 Å². The molecule has 3 aromatic rings. The van der Waals surface area contributed by atoms with Gasteiger partial charge in [0.05, 0.1) is 28.6 Å². The zero-order valence-corrected chi connectivity index (χ0v) is 21.6. The Hall–Kier alpha value is -2.87. The van der Waals surface area contributed by atoms with Crippen LogP contribution in [0.1, 0.15) is 37.9 Å². The molecule has 194 valence electrons. The molecule has 1 aliphatic rings. The van der Waals surface area contributed by atoms with Gasteiger partial charge in [0.15, 0.2) is 9.84 Å². The first kappa shape index (κ1) is 26.2. The zero-order valence-electron chi connectivity index (χ0n) is 19.2. The molecule has 1 aromatic heterocycles. The van der Waals surface area contributed by atoms with Gasteiger partial charge in [-0.2, -0.15) is 8.42 Å². The van der Waals surface area contributed by atoms with Gasteiger partial charge in [-0.3, -0.25) is 0 Å². The lowest BCUT2D eigenvalue weighted by Crippen LogP contribution is -2.27. The third-order valence-corrected chi connectivity index (χ3v) is 10.6. The molecule has 0 unspecified atom stereocenters. The average molecular weight is 555 g/mol. The summed E-state index contributed by atoms with van der Waals surface area (Å²) in [6.45, 7) is -0.00149. The van der Waals surface area contributed by atoms with Gasteiger partial charge in [-0.25, -0.2) is 22.0 Å². The smallest absolute Gasteiger partial charge is 0.341 e. The molecule has 13 heteroatoms. The van der Waals surface area contributed by atoms with Gasteiger partial charge in [0.1, 0.15) is 21.3 Å². The first-order valence-corrected chi connectivity index (χ1v) is 15.7. The molecule has 36 heavy (non-hydrogen) atoms. The molecule has 1 aliphatic carbocycles. The fraction of sp³-hybridized carbons (Fsp3) is 0.304. The first-order valence-electron chi connectivity index (χ1n) is 11.2. The second-order valence-corrected chi connectivity index (χ2v) is 13.7. The van der Waals surface area contributed by atoms with Crippen LogP contribution in [0.3, 0.4) is 0 Å². The van der Waals surface area contributed by atoms with E-state index in [1.165, 1.54) is 18.4 Å². The second kappa shape index (κ2) is 10.2. The van der Waals surface area contributed by atoms with Crippen LogP contribution >= 0.6 is 0 Å². The lowest BCUT2D eigenvalue weighted by atomic mass is 10.0. The molecule has 4 rings (SSSR count). The third-order valence-electron chi connectivity index (χ3n) is 5.90. The van der Waals surface area contributed by atoms with Crippen LogP contribution in [0.15, 0.2) is 80.0 Å². The van der Waals surface area contributed by atoms with Crippen molar-refractivity contribution in [1.82, 2.24) is 0 Å². The molecule has 10 nitrogen and oxygen atoms in total. The lowest BCUT2D eigenvalue weighted by molar-refractivity contribution is 0.481. The van der Waals surface area contributed by atoms with Crippen LogP contribution < -0.4 is 14.6 Å². The highest BCUT2D eigenvalue weighted by molar-refractivity contribution is 7.94. The molecule has 1 saturated carbocycles. The van der Waals surface area contributed by atoms with Gasteiger partial charge >= 0.3 is 10.1 Å². The molecular formula is C23H26N2O8S3. The fourth-order valence-corrected chi connectivity index (χ4v) is 8.57. The van der Waals surface area contributed by atoms with Gasteiger partial charge in [-0.05, 0) is 49.2 Å². The van der Waals surface area contributed by atoms with Crippen molar-refractivity contribution < 1.29 is 33.9 Å². The predicted molar refractivity (Wildman–Crippen MR) is 132 cm³/mol. The maximum absolute atomic E-state index is 13.5. The molecule has 0 amide bonds. The van der Waals surface area contributed by atoms with E-state index in [9.17, 15) is 25.3 Å². The molecule has 3 N–H and O–H groups in total. The molecule has 0 spiro atoms. The summed E-state index contributed by atoms with van der Waals surface area (Å²) in [4.78, 5) is -1.92. The van der Waals surface area contributed by atoms with Crippen molar-refractivity contribution in [3.8, 4) is 5.75 Å². The second-order valence-electron chi connectivity index (χ2n) is 8.43. The van der Waals surface area contributed by atoms with E-state index >= 15 is 0 Å². The van der Waals surface area contributed by atoms with Crippen molar-refractivity contribution in [2.24, 2.45) is 5.14 Å². The Balaban J connectivity index is 1.89. The Bertz CT molecular complexity index is 1530. The number of hydrogen-bond donors (Lipinski definition) is 2. The Labute approximate surface area is 210 Å². The standard InChI is InChI=1S/C23H26N2O8S3/c24-35(28,29)23-15-21(36(30,31)33-17-8-3-1-4-9-17)20(25-16-18-10-7-13-32-18)14-22(23)34(26,27)19-11-5-2-6-12-19/h1,3-4,7-10,13-15,19,25H,2,5-6,11-12,16H2,(H2,24,28,29). The Morgan fingerprint density at radius 2 is 1.56 bits per heavy atom. The SMILES string of the molecule is NS(=O)(=O)c1cc(S(=O)(=O)Oc2ccccc2)c(NCc2ccco2)cc1S(=O)(=O)C1CCCCC1. The summed E-state index contributed by atoms with van der Waals surface area (Å²) in [5.41, 5.74) is -0.163. The van der Waals surface area contributed by atoms with E-state index in [-0.39, 0.29) is 18.0 Å². The number of furan rings is 1. The highest BCUT2D eigenvalue weighted by Crippen LogP contribution is 2.37. The van der Waals surface area contributed by atoms with Gasteiger partial charge in [0, 0.05) is 0 Å². The molecule has 0 radical (unpaired) electrons. The number of anilines is 1. The summed E-state index contributed by atoms with van der Waals surface area (Å²) in [6, 6.07) is 12.6. The largest absolute Gasteiger partial charge is 0.467 e. The molecule has 2 aromatic carbocycles. The minimum Gasteiger partial charge on any atom is -0.467 e. The highest BCUT2D eigenvalue weighted by atomic mass is 32.2. The van der Waals surface area contributed by atoms with E-state index in [4.69, 9.17) is 13.7 Å². The molecular weight excluding hydrogens is 528 g/mol. The highest BCUT2D eigenvalue weighted by Gasteiger charge is 2.36. The van der Waals surface area contributed by atoms with Gasteiger partial charge < -0.3 is 13.9 Å². The Morgan fingerprint density at radius 3 is 2.17 bits per heavy atom. The molecule has 0 atom stereocenters. The van der Waals surface area contributed by atoms with Crippen LogP contribution in [-0.4, -0.2) is 30.5 Å². The van der Waals surface area contributed by atoms with E-state index in [0.717, 1.165) is 18.6 Å². The maximum Gasteiger partial charge on any atom is 0.341 e. The summed E-state index contributed by atoms with van der Waals surface area (Å²) < 4.78 is 89.1. The number of nitrogens with one attached hydrogen (secondary N) is 1. The molecule has 1 fully saturated rings. The number of sulfone groups is 1. The Kier molecular flexibility index (Phi) is 7.46. The zero-order chi connectivity index (χ0) is 26.0. The van der Waals surface area contributed by atoms with Crippen molar-refractivity contribution in [3.05, 3.63) is 66.6 Å². The van der Waals surface area contributed by atoms with E-state index in [1.807, 2.05) is 0 Å². The Morgan fingerprint density at radius 1 is 0.861 bits per heavy atom. The van der Waals surface area contributed by atoms with E-state index in [1.54, 1.807) is 30.3 Å². The van der Waals surface area contributed by atoms with Crippen molar-refractivity contribution >= 4 is 35.7 Å². The fourth-order valence-electron chi connectivity index (χ4n) is 4.13. The van der Waals surface area contributed by atoms with Crippen LogP contribution in [0.4, 0.5) is 5.69 Å². The summed E-state index contributed by atoms with van der Waals surface area (Å²) in [5.74, 6) is 0.431. The number of benzene rings is 2. The van der Waals surface area contributed by atoms with Crippen LogP contribution in [0.25, 0.3) is 0 Å². The van der Waals surface area contributed by atoms with E-state index in [2.05, 4.69) is 5.32 Å². The number of para-hydroxylation sites is 1. The van der Waals surface area contributed by atoms with E-state index in [0.29, 0.717) is 31.4 Å². The summed E-state index contributed by atoms with van der Waals surface area (Å²) >= 11 is 0. The third kappa shape index (κ3) is 5.75. The summed E-state index contributed by atoms with van der Waals surface area (Å²) in [6.07, 6.45) is 4.44. The summed E-state index contributed by atoms with van der Waals surface area (Å²) in [7, 11) is -13.4.